The molecule has 0 aliphatic carbocycles. The van der Waals surface area contributed by atoms with E-state index in [0.717, 1.165) is 70.6 Å². The maximum Gasteiger partial charge on any atom is 0.306 e. The number of hydrogen-bond donors (Lipinski definition) is 4. The Kier molecular flexibility index (Phi) is 32.3. The molecule has 0 radical (unpaired) electrons. The van der Waals surface area contributed by atoms with E-state index >= 15 is 0 Å². The zero-order valence-corrected chi connectivity index (χ0v) is 36.2. The van der Waals surface area contributed by atoms with Crippen molar-refractivity contribution in [2.24, 2.45) is 0 Å². The van der Waals surface area contributed by atoms with E-state index in [2.05, 4.69) is 74.6 Å². The number of unbranched alkanes of at least 4 members (excludes halogenated alkanes) is 14. The van der Waals surface area contributed by atoms with Crippen molar-refractivity contribution in [3.63, 3.8) is 0 Å². The lowest BCUT2D eigenvalue weighted by Gasteiger charge is -2.40. The van der Waals surface area contributed by atoms with E-state index in [1.54, 1.807) is 0 Å². The summed E-state index contributed by atoms with van der Waals surface area (Å²) in [5, 5.41) is 30.8. The first-order valence-electron chi connectivity index (χ1n) is 21.9. The van der Waals surface area contributed by atoms with Crippen molar-refractivity contribution in [3.05, 3.63) is 60.8 Å². The summed E-state index contributed by atoms with van der Waals surface area (Å²) in [4.78, 5) is 25.3. The molecule has 1 saturated heterocycles. The quantitative estimate of drug-likeness (QED) is 0.0157. The van der Waals surface area contributed by atoms with Crippen LogP contribution in [0.15, 0.2) is 60.8 Å². The predicted molar refractivity (Wildman–Crippen MR) is 229 cm³/mol. The predicted octanol–water partition coefficient (Wildman–Crippen LogP) is 8.56. The first-order valence-corrected chi connectivity index (χ1v) is 23.5. The molecule has 1 heterocycles. The van der Waals surface area contributed by atoms with Crippen LogP contribution in [-0.2, 0) is 38.7 Å². The Bertz CT molecular complexity index is 1310. The molecule has 0 aromatic rings. The molecule has 1 fully saturated rings. The molecule has 6 atom stereocenters. The molecule has 1 rings (SSSR count). The highest BCUT2D eigenvalue weighted by Crippen LogP contribution is 2.24. The molecular weight excluding hydrogens is 765 g/mol. The summed E-state index contributed by atoms with van der Waals surface area (Å²) in [6.45, 7) is 3.65. The van der Waals surface area contributed by atoms with Crippen molar-refractivity contribution in [1.29, 1.82) is 0 Å². The van der Waals surface area contributed by atoms with Crippen LogP contribution in [0.2, 0.25) is 0 Å². The van der Waals surface area contributed by atoms with E-state index in [-0.39, 0.29) is 19.4 Å². The molecule has 58 heavy (non-hydrogen) atoms. The number of carbonyl (C=O) groups excluding carboxylic acids is 2. The molecule has 0 spiro atoms. The number of esters is 2. The van der Waals surface area contributed by atoms with Crippen molar-refractivity contribution in [2.45, 2.75) is 192 Å². The minimum absolute atomic E-state index is 0.109. The molecule has 1 aliphatic heterocycles. The summed E-state index contributed by atoms with van der Waals surface area (Å²) in [5.41, 5.74) is 0. The van der Waals surface area contributed by atoms with E-state index in [4.69, 9.17) is 18.9 Å². The maximum atomic E-state index is 12.8. The molecule has 4 N–H and O–H groups in total. The second-order valence-corrected chi connectivity index (χ2v) is 16.5. The minimum Gasteiger partial charge on any atom is -0.462 e. The largest absolute Gasteiger partial charge is 0.462 e. The van der Waals surface area contributed by atoms with Crippen LogP contribution in [0.4, 0.5) is 0 Å². The van der Waals surface area contributed by atoms with Crippen LogP contribution in [0.3, 0.4) is 0 Å². The second kappa shape index (κ2) is 35.1. The second-order valence-electron chi connectivity index (χ2n) is 15.0. The molecule has 334 valence electrons. The number of aliphatic hydroxyl groups is 3. The molecular formula is C45H76O12S. The summed E-state index contributed by atoms with van der Waals surface area (Å²) in [6.07, 6.45) is 32.7. The number of carbonyl (C=O) groups is 2. The van der Waals surface area contributed by atoms with Gasteiger partial charge in [-0.15, -0.1) is 0 Å². The summed E-state index contributed by atoms with van der Waals surface area (Å²) < 4.78 is 53.9. The van der Waals surface area contributed by atoms with Gasteiger partial charge >= 0.3 is 11.9 Å². The molecule has 0 saturated carbocycles. The number of aliphatic hydroxyl groups excluding tert-OH is 3. The summed E-state index contributed by atoms with van der Waals surface area (Å²) >= 11 is 0. The van der Waals surface area contributed by atoms with Gasteiger partial charge in [0.25, 0.3) is 10.1 Å². The van der Waals surface area contributed by atoms with Gasteiger partial charge in [-0.1, -0.05) is 126 Å². The van der Waals surface area contributed by atoms with E-state index < -0.39 is 71.2 Å². The van der Waals surface area contributed by atoms with Crippen LogP contribution in [0.25, 0.3) is 0 Å². The van der Waals surface area contributed by atoms with E-state index in [1.807, 2.05) is 0 Å². The average molecular weight is 841 g/mol. The third-order valence-electron chi connectivity index (χ3n) is 9.60. The first-order chi connectivity index (χ1) is 28.0. The number of hydrogen-bond acceptors (Lipinski definition) is 11. The van der Waals surface area contributed by atoms with Gasteiger partial charge in [-0.3, -0.25) is 14.1 Å². The maximum absolute atomic E-state index is 12.8. The summed E-state index contributed by atoms with van der Waals surface area (Å²) in [6, 6.07) is 0. The number of allylic oxidation sites excluding steroid dienone is 10. The zero-order valence-electron chi connectivity index (χ0n) is 35.4. The Balaban J connectivity index is 2.52. The third kappa shape index (κ3) is 29.5. The standard InChI is InChI=1S/C45H76O12S/c1-3-5-7-9-11-13-15-17-19-21-23-25-27-29-31-33-40(46)54-35-38(36-55-45-44(50)43(49)42(48)39(57-45)37-58(51,52)53)56-41(47)34-32-30-28-26-24-22-20-18-16-14-12-10-8-6-4-2/h12-15,17-20,24,26,38-39,42-45,48-50H,3-11,16,21-23,25,27-37H2,1-2H3,(H,51,52,53)/b14-12+,15-13+,19-17+,20-18+,26-24+/t38-,39-,42-,43?,44?,45+/m1/s1. The van der Waals surface area contributed by atoms with Crippen LogP contribution < -0.4 is 0 Å². The Labute approximate surface area is 349 Å². The fraction of sp³-hybridized carbons (Fsp3) is 0.733. The summed E-state index contributed by atoms with van der Waals surface area (Å²) in [7, 11) is -4.61. The Morgan fingerprint density at radius 3 is 1.71 bits per heavy atom. The molecule has 1 aliphatic rings. The van der Waals surface area contributed by atoms with Gasteiger partial charge in [0.05, 0.1) is 6.61 Å². The number of rotatable bonds is 35. The molecule has 0 bridgehead atoms. The fourth-order valence-electron chi connectivity index (χ4n) is 6.14. The molecule has 0 amide bonds. The van der Waals surface area contributed by atoms with Gasteiger partial charge < -0.3 is 34.3 Å². The lowest BCUT2D eigenvalue weighted by Crippen LogP contribution is -2.60. The fourth-order valence-corrected chi connectivity index (χ4v) is 6.83. The third-order valence-corrected chi connectivity index (χ3v) is 10.3. The lowest BCUT2D eigenvalue weighted by atomic mass is 10.00. The highest BCUT2D eigenvalue weighted by atomic mass is 32.2. The normalized spacial score (nSPS) is 21.0. The number of ether oxygens (including phenoxy) is 4. The summed E-state index contributed by atoms with van der Waals surface area (Å²) in [5.74, 6) is -2.06. The van der Waals surface area contributed by atoms with Gasteiger partial charge in [0.2, 0.25) is 0 Å². The molecule has 0 aromatic carbocycles. The Hall–Kier alpha value is -2.65. The van der Waals surface area contributed by atoms with Crippen molar-refractivity contribution >= 4 is 22.1 Å². The van der Waals surface area contributed by atoms with E-state index in [0.29, 0.717) is 12.8 Å². The zero-order chi connectivity index (χ0) is 42.7. The van der Waals surface area contributed by atoms with Gasteiger partial charge in [0.15, 0.2) is 12.4 Å². The highest BCUT2D eigenvalue weighted by Gasteiger charge is 2.46. The van der Waals surface area contributed by atoms with Crippen LogP contribution in [0.5, 0.6) is 0 Å². The van der Waals surface area contributed by atoms with Gasteiger partial charge in [-0.25, -0.2) is 0 Å². The van der Waals surface area contributed by atoms with Gasteiger partial charge in [-0.05, 0) is 77.0 Å². The SMILES string of the molecule is CCCCC/C=C/C/C=C/C/C=C/CCCCC(=O)O[C@H](COC(=O)CCCCCCC/C=C/C=C/CCCCCC)CO[C@H]1O[C@H](CS(=O)(=O)O)[C@@H](O)C(O)C1O. The van der Waals surface area contributed by atoms with E-state index in [1.165, 1.54) is 44.9 Å². The van der Waals surface area contributed by atoms with Crippen molar-refractivity contribution in [1.82, 2.24) is 0 Å². The highest BCUT2D eigenvalue weighted by molar-refractivity contribution is 7.85. The van der Waals surface area contributed by atoms with Gasteiger partial charge in [0, 0.05) is 12.8 Å². The first kappa shape index (κ1) is 53.4. The minimum atomic E-state index is -4.61. The molecule has 13 heteroatoms. The van der Waals surface area contributed by atoms with Gasteiger partial charge in [-0.2, -0.15) is 8.42 Å². The topological polar surface area (TPSA) is 186 Å². The van der Waals surface area contributed by atoms with Crippen molar-refractivity contribution in [3.8, 4) is 0 Å². The monoisotopic (exact) mass is 841 g/mol. The van der Waals surface area contributed by atoms with Crippen LogP contribution in [0.1, 0.15) is 155 Å². The van der Waals surface area contributed by atoms with Crippen molar-refractivity contribution < 1.29 is 56.8 Å². The lowest BCUT2D eigenvalue weighted by molar-refractivity contribution is -0.297. The average Bonchev–Trinajstić information content (AvgIpc) is 3.18. The van der Waals surface area contributed by atoms with Crippen LogP contribution in [-0.4, -0.2) is 96.0 Å². The van der Waals surface area contributed by atoms with Crippen LogP contribution >= 0.6 is 0 Å². The molecule has 2 unspecified atom stereocenters. The van der Waals surface area contributed by atoms with Crippen LogP contribution in [0, 0.1) is 0 Å². The van der Waals surface area contributed by atoms with Gasteiger partial charge in [0.1, 0.15) is 36.8 Å². The van der Waals surface area contributed by atoms with E-state index in [9.17, 15) is 37.9 Å². The smallest absolute Gasteiger partial charge is 0.306 e. The molecule has 12 nitrogen and oxygen atoms in total. The molecule has 0 aromatic heterocycles. The van der Waals surface area contributed by atoms with Crippen molar-refractivity contribution in [2.75, 3.05) is 19.0 Å². The Morgan fingerprint density at radius 1 is 0.603 bits per heavy atom. The Morgan fingerprint density at radius 2 is 1.09 bits per heavy atom.